The third-order valence-corrected chi connectivity index (χ3v) is 5.49. The Balaban J connectivity index is 1.57. The number of nitrogens with one attached hydrogen (secondary N) is 1. The van der Waals surface area contributed by atoms with Crippen LogP contribution in [0.2, 0.25) is 5.02 Å². The van der Waals surface area contributed by atoms with E-state index in [2.05, 4.69) is 10.2 Å². The molecule has 0 spiro atoms. The average molecular weight is 368 g/mol. The fourth-order valence-corrected chi connectivity index (χ4v) is 3.91. The predicted molar refractivity (Wildman–Crippen MR) is 94.5 cm³/mol. The number of thioether (sulfide) groups is 1. The van der Waals surface area contributed by atoms with E-state index < -0.39 is 5.25 Å². The van der Waals surface area contributed by atoms with Crippen LogP contribution in [-0.2, 0) is 9.59 Å². The molecular weight excluding hydrogens is 350 g/mol. The lowest BCUT2D eigenvalue weighted by molar-refractivity contribution is -0.133. The molecular formula is C16H18ClN3O3S. The zero-order valence-electron chi connectivity index (χ0n) is 13.3. The number of hydrogen-bond acceptors (Lipinski definition) is 5. The Morgan fingerprint density at radius 1 is 1.29 bits per heavy atom. The highest BCUT2D eigenvalue weighted by Gasteiger charge is 2.35. The second-order valence-corrected chi connectivity index (χ2v) is 7.50. The molecule has 0 aliphatic carbocycles. The Hall–Kier alpha value is -1.73. The lowest BCUT2D eigenvalue weighted by Crippen LogP contribution is -2.49. The first-order valence-corrected chi connectivity index (χ1v) is 9.00. The molecule has 0 radical (unpaired) electrons. The minimum Gasteiger partial charge on any atom is -0.368 e. The number of imide groups is 1. The lowest BCUT2D eigenvalue weighted by atomic mass is 10.1. The van der Waals surface area contributed by atoms with E-state index in [1.165, 1.54) is 0 Å². The van der Waals surface area contributed by atoms with Gasteiger partial charge in [0.05, 0.1) is 0 Å². The number of carbonyl (C=O) groups excluding carboxylic acids is 3. The number of aryl methyl sites for hydroxylation is 1. The van der Waals surface area contributed by atoms with Crippen molar-refractivity contribution in [2.75, 3.05) is 31.1 Å². The first-order chi connectivity index (χ1) is 11.4. The van der Waals surface area contributed by atoms with Gasteiger partial charge in [0.25, 0.3) is 5.24 Å². The highest BCUT2D eigenvalue weighted by Crippen LogP contribution is 2.26. The quantitative estimate of drug-likeness (QED) is 0.885. The molecule has 6 nitrogen and oxygen atoms in total. The number of carbonyl (C=O) groups is 3. The van der Waals surface area contributed by atoms with Gasteiger partial charge in [-0.15, -0.1) is 0 Å². The monoisotopic (exact) mass is 367 g/mol. The van der Waals surface area contributed by atoms with Crippen molar-refractivity contribution in [3.63, 3.8) is 0 Å². The highest BCUT2D eigenvalue weighted by atomic mass is 35.5. The molecule has 24 heavy (non-hydrogen) atoms. The molecule has 1 aromatic carbocycles. The minimum absolute atomic E-state index is 0.0679. The molecule has 1 N–H and O–H groups in total. The van der Waals surface area contributed by atoms with Gasteiger partial charge in [0.15, 0.2) is 0 Å². The molecule has 8 heteroatoms. The zero-order chi connectivity index (χ0) is 17.3. The van der Waals surface area contributed by atoms with Gasteiger partial charge >= 0.3 is 0 Å². The predicted octanol–water partition coefficient (Wildman–Crippen LogP) is 2.04. The number of hydrogen-bond donors (Lipinski definition) is 1. The fraction of sp³-hybridized carbons (Fsp3) is 0.438. The summed E-state index contributed by atoms with van der Waals surface area (Å²) >= 11 is 6.97. The molecule has 0 unspecified atom stereocenters. The summed E-state index contributed by atoms with van der Waals surface area (Å²) in [6.45, 7) is 4.66. The summed E-state index contributed by atoms with van der Waals surface area (Å²) in [6.07, 6.45) is 0.0679. The van der Waals surface area contributed by atoms with Crippen molar-refractivity contribution in [1.29, 1.82) is 0 Å². The van der Waals surface area contributed by atoms with Crippen LogP contribution in [0.5, 0.6) is 0 Å². The van der Waals surface area contributed by atoms with Crippen LogP contribution in [-0.4, -0.2) is 53.4 Å². The topological polar surface area (TPSA) is 69.7 Å². The van der Waals surface area contributed by atoms with Crippen molar-refractivity contribution >= 4 is 46.1 Å². The van der Waals surface area contributed by atoms with Gasteiger partial charge in [-0.05, 0) is 24.6 Å². The molecule has 2 fully saturated rings. The van der Waals surface area contributed by atoms with Crippen molar-refractivity contribution in [1.82, 2.24) is 10.2 Å². The molecule has 0 aromatic heterocycles. The summed E-state index contributed by atoms with van der Waals surface area (Å²) < 4.78 is 0. The van der Waals surface area contributed by atoms with E-state index in [9.17, 15) is 14.4 Å². The average Bonchev–Trinajstić information content (AvgIpc) is 2.87. The van der Waals surface area contributed by atoms with Gasteiger partial charge in [-0.3, -0.25) is 19.7 Å². The van der Waals surface area contributed by atoms with Crippen molar-refractivity contribution in [3.05, 3.63) is 28.8 Å². The molecule has 1 atom stereocenters. The van der Waals surface area contributed by atoms with E-state index >= 15 is 0 Å². The van der Waals surface area contributed by atoms with Gasteiger partial charge in [-0.25, -0.2) is 0 Å². The van der Waals surface area contributed by atoms with E-state index in [1.807, 2.05) is 25.1 Å². The fourth-order valence-electron chi connectivity index (χ4n) is 2.94. The summed E-state index contributed by atoms with van der Waals surface area (Å²) in [7, 11) is 0. The maximum atomic E-state index is 12.4. The first-order valence-electron chi connectivity index (χ1n) is 7.74. The van der Waals surface area contributed by atoms with E-state index in [1.54, 1.807) is 4.90 Å². The van der Waals surface area contributed by atoms with Gasteiger partial charge in [0, 0.05) is 43.3 Å². The second kappa shape index (κ2) is 7.03. The number of piperazine rings is 1. The Morgan fingerprint density at radius 2 is 2.00 bits per heavy atom. The zero-order valence-corrected chi connectivity index (χ0v) is 14.8. The third kappa shape index (κ3) is 3.67. The number of anilines is 1. The Morgan fingerprint density at radius 3 is 2.62 bits per heavy atom. The Labute approximate surface area is 149 Å². The molecule has 0 bridgehead atoms. The third-order valence-electron chi connectivity index (χ3n) is 4.27. The maximum Gasteiger partial charge on any atom is 0.286 e. The Bertz CT molecular complexity index is 689. The van der Waals surface area contributed by atoms with Gasteiger partial charge in [0.1, 0.15) is 5.25 Å². The van der Waals surface area contributed by atoms with E-state index in [-0.39, 0.29) is 23.5 Å². The van der Waals surface area contributed by atoms with Crippen molar-refractivity contribution in [3.8, 4) is 0 Å². The van der Waals surface area contributed by atoms with Gasteiger partial charge < -0.3 is 9.80 Å². The molecule has 2 saturated heterocycles. The van der Waals surface area contributed by atoms with Crippen LogP contribution in [0.3, 0.4) is 0 Å². The summed E-state index contributed by atoms with van der Waals surface area (Å²) in [5.41, 5.74) is 2.24. The summed E-state index contributed by atoms with van der Waals surface area (Å²) in [4.78, 5) is 39.1. The smallest absolute Gasteiger partial charge is 0.286 e. The molecule has 1 aromatic rings. The molecule has 0 saturated carbocycles. The number of halogens is 1. The SMILES string of the molecule is Cc1ccc(Cl)cc1N1CCN(C(=O)C[C@@H]2SC(=O)NC2=O)CC1. The molecule has 2 aliphatic heterocycles. The van der Waals surface area contributed by atoms with E-state index in [0.717, 1.165) is 36.1 Å². The van der Waals surface area contributed by atoms with E-state index in [4.69, 9.17) is 11.6 Å². The van der Waals surface area contributed by atoms with Crippen LogP contribution < -0.4 is 10.2 Å². The summed E-state index contributed by atoms with van der Waals surface area (Å²) in [6, 6.07) is 5.80. The number of rotatable bonds is 3. The highest BCUT2D eigenvalue weighted by molar-refractivity contribution is 8.15. The molecule has 2 heterocycles. The number of amides is 3. The molecule has 2 aliphatic rings. The lowest BCUT2D eigenvalue weighted by Gasteiger charge is -2.37. The Kier molecular flexibility index (Phi) is 5.01. The summed E-state index contributed by atoms with van der Waals surface area (Å²) in [5.74, 6) is -0.452. The van der Waals surface area contributed by atoms with E-state index in [0.29, 0.717) is 18.1 Å². The van der Waals surface area contributed by atoms with Gasteiger partial charge in [-0.2, -0.15) is 0 Å². The van der Waals surface area contributed by atoms with Crippen molar-refractivity contribution < 1.29 is 14.4 Å². The van der Waals surface area contributed by atoms with Crippen LogP contribution in [0, 0.1) is 6.92 Å². The maximum absolute atomic E-state index is 12.4. The minimum atomic E-state index is -0.599. The molecule has 128 valence electrons. The van der Waals surface area contributed by atoms with Gasteiger partial charge in [-0.1, -0.05) is 29.4 Å². The molecule has 3 amide bonds. The van der Waals surface area contributed by atoms with Crippen LogP contribution in [0.4, 0.5) is 10.5 Å². The van der Waals surface area contributed by atoms with Crippen molar-refractivity contribution in [2.24, 2.45) is 0 Å². The number of benzene rings is 1. The van der Waals surface area contributed by atoms with Crippen LogP contribution in [0.1, 0.15) is 12.0 Å². The van der Waals surface area contributed by atoms with Crippen LogP contribution in [0.25, 0.3) is 0 Å². The second-order valence-electron chi connectivity index (χ2n) is 5.89. The van der Waals surface area contributed by atoms with Crippen molar-refractivity contribution in [2.45, 2.75) is 18.6 Å². The number of nitrogens with zero attached hydrogens (tertiary/aromatic N) is 2. The standard InChI is InChI=1S/C16H18ClN3O3S/c1-10-2-3-11(17)8-12(10)19-4-6-20(7-5-19)14(21)9-13-15(22)18-16(23)24-13/h2-3,8,13H,4-7,9H2,1H3,(H,18,22,23)/t13-/m0/s1. The largest absolute Gasteiger partial charge is 0.368 e. The van der Waals surface area contributed by atoms with Gasteiger partial charge in [0.2, 0.25) is 11.8 Å². The first kappa shape index (κ1) is 17.1. The molecule has 3 rings (SSSR count). The van der Waals surface area contributed by atoms with Crippen LogP contribution >= 0.6 is 23.4 Å². The van der Waals surface area contributed by atoms with Crippen LogP contribution in [0.15, 0.2) is 18.2 Å². The summed E-state index contributed by atoms with van der Waals surface area (Å²) in [5, 5.41) is 1.93. The normalized spacial score (nSPS) is 21.2.